The van der Waals surface area contributed by atoms with Crippen LogP contribution in [0.25, 0.3) is 0 Å². The largest absolute Gasteiger partial charge is 0.380 e. The molecule has 0 aromatic carbocycles. The van der Waals surface area contributed by atoms with Gasteiger partial charge < -0.3 is 10.1 Å². The van der Waals surface area contributed by atoms with Crippen LogP contribution < -0.4 is 5.32 Å². The highest BCUT2D eigenvalue weighted by Crippen LogP contribution is 1.90. The Balaban J connectivity index is 2.94. The Morgan fingerprint density at radius 1 is 1.31 bits per heavy atom. The Kier molecular flexibility index (Phi) is 9.18. The van der Waals surface area contributed by atoms with Gasteiger partial charge in [0.25, 0.3) is 0 Å². The molecule has 0 saturated heterocycles. The van der Waals surface area contributed by atoms with Crippen molar-refractivity contribution in [3.63, 3.8) is 0 Å². The monoisotopic (exact) mass is 183 g/mol. The molecule has 0 fully saturated rings. The third-order valence-corrected chi connectivity index (χ3v) is 1.48. The van der Waals surface area contributed by atoms with Crippen LogP contribution in [0, 0.1) is 17.8 Å². The standard InChI is InChI=1S/C11H21NO/c1-4-5-6-7-12-8-9-13-10-11(2)3/h11-12H,6-10H2,1-3H3. The lowest BCUT2D eigenvalue weighted by Gasteiger charge is -2.06. The minimum Gasteiger partial charge on any atom is -0.380 e. The second-order valence-electron chi connectivity index (χ2n) is 3.40. The second kappa shape index (κ2) is 9.57. The first-order valence-corrected chi connectivity index (χ1v) is 4.95. The van der Waals surface area contributed by atoms with Crippen molar-refractivity contribution in [2.45, 2.75) is 27.2 Å². The number of nitrogens with one attached hydrogen (secondary N) is 1. The first-order valence-electron chi connectivity index (χ1n) is 4.95. The highest BCUT2D eigenvalue weighted by molar-refractivity contribution is 4.94. The zero-order valence-electron chi connectivity index (χ0n) is 9.02. The molecule has 0 aliphatic carbocycles. The third kappa shape index (κ3) is 11.5. The Bertz CT molecular complexity index is 155. The zero-order chi connectivity index (χ0) is 9.94. The average Bonchev–Trinajstić information content (AvgIpc) is 2.09. The van der Waals surface area contributed by atoms with Gasteiger partial charge in [0.05, 0.1) is 6.61 Å². The fraction of sp³-hybridized carbons (Fsp3) is 0.818. The van der Waals surface area contributed by atoms with Crippen molar-refractivity contribution in [1.29, 1.82) is 0 Å². The van der Waals surface area contributed by atoms with Crippen molar-refractivity contribution in [2.75, 3.05) is 26.3 Å². The normalized spacial score (nSPS) is 9.85. The van der Waals surface area contributed by atoms with Gasteiger partial charge in [-0.3, -0.25) is 0 Å². The molecule has 0 amide bonds. The Labute approximate surface area is 82.1 Å². The molecule has 0 unspecified atom stereocenters. The van der Waals surface area contributed by atoms with Crippen LogP contribution in [0.15, 0.2) is 0 Å². The molecule has 0 saturated carbocycles. The van der Waals surface area contributed by atoms with Gasteiger partial charge in [0.1, 0.15) is 0 Å². The van der Waals surface area contributed by atoms with Crippen molar-refractivity contribution < 1.29 is 4.74 Å². The summed E-state index contributed by atoms with van der Waals surface area (Å²) in [7, 11) is 0. The van der Waals surface area contributed by atoms with Gasteiger partial charge in [0, 0.05) is 26.1 Å². The minimum atomic E-state index is 0.631. The molecule has 0 heterocycles. The molecule has 0 bridgehead atoms. The van der Waals surface area contributed by atoms with E-state index >= 15 is 0 Å². The Morgan fingerprint density at radius 3 is 2.69 bits per heavy atom. The van der Waals surface area contributed by atoms with E-state index in [0.717, 1.165) is 32.7 Å². The van der Waals surface area contributed by atoms with Gasteiger partial charge in [0.2, 0.25) is 0 Å². The lowest BCUT2D eigenvalue weighted by molar-refractivity contribution is 0.112. The molecule has 0 aliphatic heterocycles. The maximum absolute atomic E-state index is 5.40. The molecule has 2 nitrogen and oxygen atoms in total. The summed E-state index contributed by atoms with van der Waals surface area (Å²) in [6.07, 6.45) is 0.931. The van der Waals surface area contributed by atoms with Crippen LogP contribution in [0.5, 0.6) is 0 Å². The SMILES string of the molecule is CC#CCCNCCOCC(C)C. The summed E-state index contributed by atoms with van der Waals surface area (Å²) in [6.45, 7) is 9.73. The number of hydrogen-bond acceptors (Lipinski definition) is 2. The van der Waals surface area contributed by atoms with Crippen LogP contribution in [-0.4, -0.2) is 26.3 Å². The van der Waals surface area contributed by atoms with E-state index in [-0.39, 0.29) is 0 Å². The summed E-state index contributed by atoms with van der Waals surface area (Å²) in [4.78, 5) is 0. The summed E-state index contributed by atoms with van der Waals surface area (Å²) in [5.41, 5.74) is 0. The van der Waals surface area contributed by atoms with Crippen LogP contribution >= 0.6 is 0 Å². The van der Waals surface area contributed by atoms with Gasteiger partial charge in [0.15, 0.2) is 0 Å². The average molecular weight is 183 g/mol. The highest BCUT2D eigenvalue weighted by Gasteiger charge is 1.92. The van der Waals surface area contributed by atoms with E-state index in [0.29, 0.717) is 5.92 Å². The fourth-order valence-corrected chi connectivity index (χ4v) is 0.864. The Hall–Kier alpha value is -0.520. The second-order valence-corrected chi connectivity index (χ2v) is 3.40. The van der Waals surface area contributed by atoms with Crippen molar-refractivity contribution in [1.82, 2.24) is 5.32 Å². The maximum atomic E-state index is 5.40. The van der Waals surface area contributed by atoms with Gasteiger partial charge in [-0.15, -0.1) is 11.8 Å². The number of rotatable bonds is 7. The van der Waals surface area contributed by atoms with Gasteiger partial charge in [-0.05, 0) is 12.8 Å². The molecule has 0 radical (unpaired) electrons. The molecular formula is C11H21NO. The molecule has 0 aliphatic rings. The lowest BCUT2D eigenvalue weighted by atomic mass is 10.2. The first kappa shape index (κ1) is 12.5. The summed E-state index contributed by atoms with van der Waals surface area (Å²) in [6, 6.07) is 0. The van der Waals surface area contributed by atoms with E-state index in [1.54, 1.807) is 0 Å². The molecule has 2 heteroatoms. The van der Waals surface area contributed by atoms with E-state index in [4.69, 9.17) is 4.74 Å². The zero-order valence-corrected chi connectivity index (χ0v) is 9.02. The van der Waals surface area contributed by atoms with Crippen LogP contribution in [0.3, 0.4) is 0 Å². The predicted molar refractivity (Wildman–Crippen MR) is 56.6 cm³/mol. The van der Waals surface area contributed by atoms with Gasteiger partial charge in [-0.25, -0.2) is 0 Å². The summed E-state index contributed by atoms with van der Waals surface area (Å²) in [5.74, 6) is 6.50. The topological polar surface area (TPSA) is 21.3 Å². The third-order valence-electron chi connectivity index (χ3n) is 1.48. The predicted octanol–water partition coefficient (Wildman–Crippen LogP) is 1.66. The van der Waals surface area contributed by atoms with Crippen LogP contribution in [0.4, 0.5) is 0 Å². The van der Waals surface area contributed by atoms with Crippen LogP contribution in [0.1, 0.15) is 27.2 Å². The summed E-state index contributed by atoms with van der Waals surface area (Å²) < 4.78 is 5.40. The van der Waals surface area contributed by atoms with E-state index < -0.39 is 0 Å². The van der Waals surface area contributed by atoms with Crippen LogP contribution in [-0.2, 0) is 4.74 Å². The van der Waals surface area contributed by atoms with E-state index in [1.807, 2.05) is 6.92 Å². The Morgan fingerprint density at radius 2 is 2.08 bits per heavy atom. The molecular weight excluding hydrogens is 162 g/mol. The van der Waals surface area contributed by atoms with Gasteiger partial charge in [-0.2, -0.15) is 0 Å². The lowest BCUT2D eigenvalue weighted by Crippen LogP contribution is -2.21. The van der Waals surface area contributed by atoms with Gasteiger partial charge in [-0.1, -0.05) is 13.8 Å². The smallest absolute Gasteiger partial charge is 0.0591 e. The maximum Gasteiger partial charge on any atom is 0.0591 e. The molecule has 0 rings (SSSR count). The number of ether oxygens (including phenoxy) is 1. The number of hydrogen-bond donors (Lipinski definition) is 1. The van der Waals surface area contributed by atoms with Gasteiger partial charge >= 0.3 is 0 Å². The molecule has 76 valence electrons. The van der Waals surface area contributed by atoms with Crippen molar-refractivity contribution >= 4 is 0 Å². The summed E-state index contributed by atoms with van der Waals surface area (Å²) >= 11 is 0. The molecule has 1 N–H and O–H groups in total. The molecule has 13 heavy (non-hydrogen) atoms. The molecule has 0 atom stereocenters. The highest BCUT2D eigenvalue weighted by atomic mass is 16.5. The van der Waals surface area contributed by atoms with E-state index in [9.17, 15) is 0 Å². The van der Waals surface area contributed by atoms with E-state index in [2.05, 4.69) is 31.0 Å². The fourth-order valence-electron chi connectivity index (χ4n) is 0.864. The molecule has 0 aromatic rings. The van der Waals surface area contributed by atoms with E-state index in [1.165, 1.54) is 0 Å². The summed E-state index contributed by atoms with van der Waals surface area (Å²) in [5, 5.41) is 3.27. The van der Waals surface area contributed by atoms with Crippen molar-refractivity contribution in [3.05, 3.63) is 0 Å². The quantitative estimate of drug-likeness (QED) is 0.479. The van der Waals surface area contributed by atoms with Crippen molar-refractivity contribution in [2.24, 2.45) is 5.92 Å². The molecule has 0 spiro atoms. The molecule has 0 aromatic heterocycles. The van der Waals surface area contributed by atoms with Crippen LogP contribution in [0.2, 0.25) is 0 Å². The minimum absolute atomic E-state index is 0.631. The van der Waals surface area contributed by atoms with Crippen molar-refractivity contribution in [3.8, 4) is 11.8 Å². The first-order chi connectivity index (χ1) is 6.27.